The van der Waals surface area contributed by atoms with Crippen molar-refractivity contribution in [3.8, 4) is 0 Å². The summed E-state index contributed by atoms with van der Waals surface area (Å²) in [6.07, 6.45) is 4.59. The Morgan fingerprint density at radius 3 is 2.65 bits per heavy atom. The number of amides is 1. The first-order chi connectivity index (χ1) is 11.1. The first kappa shape index (κ1) is 15.5. The van der Waals surface area contributed by atoms with Crippen LogP contribution in [-0.2, 0) is 16.0 Å². The van der Waals surface area contributed by atoms with Gasteiger partial charge in [-0.2, -0.15) is 0 Å². The van der Waals surface area contributed by atoms with Gasteiger partial charge in [-0.3, -0.25) is 9.59 Å². The number of fused-ring (bicyclic) bond motifs is 1. The second-order valence-electron chi connectivity index (χ2n) is 6.34. The van der Waals surface area contributed by atoms with Gasteiger partial charge < -0.3 is 15.4 Å². The summed E-state index contributed by atoms with van der Waals surface area (Å²) in [4.78, 5) is 31.1. The molecule has 3 N–H and O–H groups in total. The van der Waals surface area contributed by atoms with Crippen LogP contribution in [-0.4, -0.2) is 32.5 Å². The smallest absolute Gasteiger partial charge is 0.305 e. The van der Waals surface area contributed by atoms with Gasteiger partial charge in [-0.1, -0.05) is 31.4 Å². The topological polar surface area (TPSA) is 95.1 Å². The predicted octanol–water partition coefficient (Wildman–Crippen LogP) is 2.40. The normalized spacial score (nSPS) is 17.0. The minimum atomic E-state index is -0.865. The molecule has 0 atom stereocenters. The Morgan fingerprint density at radius 2 is 1.96 bits per heavy atom. The highest BCUT2D eigenvalue weighted by molar-refractivity contribution is 5.81. The van der Waals surface area contributed by atoms with Gasteiger partial charge >= 0.3 is 5.97 Å². The molecule has 1 aromatic heterocycles. The second-order valence-corrected chi connectivity index (χ2v) is 6.34. The number of aromatic nitrogens is 2. The van der Waals surface area contributed by atoms with Crippen molar-refractivity contribution in [3.05, 3.63) is 30.1 Å². The van der Waals surface area contributed by atoms with Crippen LogP contribution in [0.2, 0.25) is 0 Å². The summed E-state index contributed by atoms with van der Waals surface area (Å²) in [5, 5.41) is 12.1. The highest BCUT2D eigenvalue weighted by Gasteiger charge is 2.35. The molecule has 6 nitrogen and oxygen atoms in total. The third-order valence-corrected chi connectivity index (χ3v) is 4.47. The van der Waals surface area contributed by atoms with Gasteiger partial charge in [-0.15, -0.1) is 0 Å². The lowest BCUT2D eigenvalue weighted by Gasteiger charge is -2.37. The zero-order valence-electron chi connectivity index (χ0n) is 13.0. The number of nitrogens with zero attached hydrogens (tertiary/aromatic N) is 1. The monoisotopic (exact) mass is 315 g/mol. The van der Waals surface area contributed by atoms with E-state index in [1.54, 1.807) is 0 Å². The van der Waals surface area contributed by atoms with E-state index in [1.807, 2.05) is 24.3 Å². The fraction of sp³-hybridized carbons (Fsp3) is 0.471. The number of aromatic amines is 1. The van der Waals surface area contributed by atoms with Crippen LogP contribution in [0.25, 0.3) is 11.0 Å². The number of carbonyl (C=O) groups is 2. The maximum absolute atomic E-state index is 12.4. The molecule has 1 aromatic carbocycles. The van der Waals surface area contributed by atoms with Gasteiger partial charge in [0.25, 0.3) is 0 Å². The van der Waals surface area contributed by atoms with E-state index in [0.717, 1.165) is 43.1 Å². The maximum atomic E-state index is 12.4. The standard InChI is InChI=1S/C17H21N3O3/c21-15(10-14-18-12-6-2-3-7-13(12)19-14)20-17(11-16(22)23)8-4-1-5-9-17/h2-3,6-7H,1,4-5,8-11H2,(H,18,19)(H,20,21)(H,22,23). The van der Waals surface area contributed by atoms with Gasteiger partial charge in [0.15, 0.2) is 0 Å². The molecule has 2 aromatic rings. The molecule has 1 aliphatic carbocycles. The Labute approximate surface area is 134 Å². The summed E-state index contributed by atoms with van der Waals surface area (Å²) >= 11 is 0. The van der Waals surface area contributed by atoms with Crippen molar-refractivity contribution in [2.75, 3.05) is 0 Å². The Morgan fingerprint density at radius 1 is 1.22 bits per heavy atom. The number of benzene rings is 1. The molecule has 23 heavy (non-hydrogen) atoms. The molecular weight excluding hydrogens is 294 g/mol. The summed E-state index contributed by atoms with van der Waals surface area (Å²) in [7, 11) is 0. The van der Waals surface area contributed by atoms with E-state index in [9.17, 15) is 9.59 Å². The van der Waals surface area contributed by atoms with Crippen molar-refractivity contribution >= 4 is 22.9 Å². The lowest BCUT2D eigenvalue weighted by atomic mass is 9.79. The second kappa shape index (κ2) is 6.40. The number of rotatable bonds is 5. The molecule has 0 bridgehead atoms. The van der Waals surface area contributed by atoms with Crippen LogP contribution in [0.3, 0.4) is 0 Å². The highest BCUT2D eigenvalue weighted by atomic mass is 16.4. The number of carboxylic acid groups (broad SMARTS) is 1. The third-order valence-electron chi connectivity index (χ3n) is 4.47. The highest BCUT2D eigenvalue weighted by Crippen LogP contribution is 2.31. The Kier molecular flexibility index (Phi) is 4.32. The van der Waals surface area contributed by atoms with Crippen LogP contribution >= 0.6 is 0 Å². The van der Waals surface area contributed by atoms with E-state index in [2.05, 4.69) is 15.3 Å². The van der Waals surface area contributed by atoms with Gasteiger partial charge in [0.1, 0.15) is 5.82 Å². The van der Waals surface area contributed by atoms with Gasteiger partial charge in [0.05, 0.1) is 29.4 Å². The van der Waals surface area contributed by atoms with Crippen molar-refractivity contribution < 1.29 is 14.7 Å². The molecule has 1 fully saturated rings. The largest absolute Gasteiger partial charge is 0.481 e. The number of hydrogen-bond acceptors (Lipinski definition) is 3. The molecule has 0 radical (unpaired) electrons. The van der Waals surface area contributed by atoms with Crippen molar-refractivity contribution in [1.82, 2.24) is 15.3 Å². The summed E-state index contributed by atoms with van der Waals surface area (Å²) in [5.74, 6) is -0.437. The van der Waals surface area contributed by atoms with Crippen molar-refractivity contribution in [2.45, 2.75) is 50.5 Å². The SMILES string of the molecule is O=C(O)CC1(NC(=O)Cc2nc3ccccc3[nH]2)CCCCC1. The van der Waals surface area contributed by atoms with Crippen LogP contribution in [0.5, 0.6) is 0 Å². The van der Waals surface area contributed by atoms with E-state index in [0.29, 0.717) is 5.82 Å². The number of carboxylic acids is 1. The molecule has 1 aliphatic rings. The minimum absolute atomic E-state index is 0.0150. The molecule has 122 valence electrons. The van der Waals surface area contributed by atoms with E-state index in [-0.39, 0.29) is 18.7 Å². The molecular formula is C17H21N3O3. The summed E-state index contributed by atoms with van der Waals surface area (Å²) in [5.41, 5.74) is 1.12. The molecule has 0 spiro atoms. The number of aliphatic carboxylic acids is 1. The summed E-state index contributed by atoms with van der Waals surface area (Å²) < 4.78 is 0. The number of imidazole rings is 1. The van der Waals surface area contributed by atoms with Crippen LogP contribution in [0.15, 0.2) is 24.3 Å². The lowest BCUT2D eigenvalue weighted by Crippen LogP contribution is -2.51. The minimum Gasteiger partial charge on any atom is -0.481 e. The first-order valence-electron chi connectivity index (χ1n) is 8.03. The number of nitrogens with one attached hydrogen (secondary N) is 2. The average molecular weight is 315 g/mol. The zero-order chi connectivity index (χ0) is 16.3. The average Bonchev–Trinajstić information content (AvgIpc) is 2.88. The number of hydrogen-bond donors (Lipinski definition) is 3. The van der Waals surface area contributed by atoms with Crippen LogP contribution in [0, 0.1) is 0 Å². The molecule has 0 saturated heterocycles. The van der Waals surface area contributed by atoms with Crippen molar-refractivity contribution in [1.29, 1.82) is 0 Å². The zero-order valence-corrected chi connectivity index (χ0v) is 13.0. The first-order valence-corrected chi connectivity index (χ1v) is 8.03. The predicted molar refractivity (Wildman–Crippen MR) is 86.0 cm³/mol. The van der Waals surface area contributed by atoms with Gasteiger partial charge in [0.2, 0.25) is 5.91 Å². The van der Waals surface area contributed by atoms with Crippen LogP contribution < -0.4 is 5.32 Å². The number of para-hydroxylation sites is 2. The maximum Gasteiger partial charge on any atom is 0.305 e. The number of carbonyl (C=O) groups excluding carboxylic acids is 1. The fourth-order valence-corrected chi connectivity index (χ4v) is 3.45. The Balaban J connectivity index is 1.70. The van der Waals surface area contributed by atoms with Crippen LogP contribution in [0.4, 0.5) is 0 Å². The van der Waals surface area contributed by atoms with E-state index < -0.39 is 11.5 Å². The van der Waals surface area contributed by atoms with Gasteiger partial charge in [-0.25, -0.2) is 4.98 Å². The quantitative estimate of drug-likeness (QED) is 0.789. The van der Waals surface area contributed by atoms with Gasteiger partial charge in [-0.05, 0) is 25.0 Å². The Hall–Kier alpha value is -2.37. The number of H-pyrrole nitrogens is 1. The molecule has 1 amide bonds. The lowest BCUT2D eigenvalue weighted by molar-refractivity contribution is -0.139. The van der Waals surface area contributed by atoms with E-state index in [4.69, 9.17) is 5.11 Å². The molecule has 0 unspecified atom stereocenters. The fourth-order valence-electron chi connectivity index (χ4n) is 3.45. The summed E-state index contributed by atoms with van der Waals surface area (Å²) in [6, 6.07) is 7.61. The van der Waals surface area contributed by atoms with Gasteiger partial charge in [0, 0.05) is 0 Å². The molecule has 6 heteroatoms. The molecule has 0 aliphatic heterocycles. The van der Waals surface area contributed by atoms with Crippen LogP contribution in [0.1, 0.15) is 44.3 Å². The molecule has 3 rings (SSSR count). The van der Waals surface area contributed by atoms with E-state index >= 15 is 0 Å². The molecule has 1 saturated carbocycles. The van der Waals surface area contributed by atoms with E-state index in [1.165, 1.54) is 0 Å². The van der Waals surface area contributed by atoms with Crippen molar-refractivity contribution in [3.63, 3.8) is 0 Å². The summed E-state index contributed by atoms with van der Waals surface area (Å²) in [6.45, 7) is 0. The Bertz CT molecular complexity index is 684. The molecule has 1 heterocycles. The van der Waals surface area contributed by atoms with Crippen molar-refractivity contribution in [2.24, 2.45) is 0 Å². The third kappa shape index (κ3) is 3.70.